The zero-order valence-corrected chi connectivity index (χ0v) is 12.5. The number of unbranched alkanes of at least 4 members (excludes halogenated alkanes) is 7. The van der Waals surface area contributed by atoms with Gasteiger partial charge in [0.2, 0.25) is 0 Å². The lowest BCUT2D eigenvalue weighted by molar-refractivity contribution is -0.154. The van der Waals surface area contributed by atoms with Gasteiger partial charge in [-0.15, -0.1) is 0 Å². The molecule has 108 valence electrons. The maximum atomic E-state index is 11.4. The molecule has 3 heteroatoms. The fourth-order valence-electron chi connectivity index (χ4n) is 1.87. The van der Waals surface area contributed by atoms with Gasteiger partial charge in [-0.1, -0.05) is 38.5 Å². The fraction of sp³-hybridized carbons (Fsp3) is 0.933. The van der Waals surface area contributed by atoms with Gasteiger partial charge in [0, 0.05) is 6.42 Å². The van der Waals surface area contributed by atoms with E-state index in [1.807, 2.05) is 20.8 Å². The summed E-state index contributed by atoms with van der Waals surface area (Å²) in [6.07, 6.45) is 10.2. The average molecular weight is 257 g/mol. The van der Waals surface area contributed by atoms with Gasteiger partial charge in [-0.3, -0.25) is 4.79 Å². The van der Waals surface area contributed by atoms with Crippen LogP contribution in [0, 0.1) is 0 Å². The van der Waals surface area contributed by atoms with Gasteiger partial charge >= 0.3 is 5.97 Å². The molecule has 0 atom stereocenters. The van der Waals surface area contributed by atoms with E-state index < -0.39 is 0 Å². The molecule has 0 aliphatic carbocycles. The highest BCUT2D eigenvalue weighted by Gasteiger charge is 2.15. The van der Waals surface area contributed by atoms with E-state index in [0.29, 0.717) is 6.42 Å². The molecule has 0 aliphatic rings. The van der Waals surface area contributed by atoms with Gasteiger partial charge < -0.3 is 10.5 Å². The Morgan fingerprint density at radius 1 is 0.889 bits per heavy atom. The standard InChI is InChI=1S/C15H31NO2/c1-15(2,3)18-14(17)12-10-8-6-4-5-7-9-11-13-16/h4-13,16H2,1-3H3. The van der Waals surface area contributed by atoms with E-state index in [-0.39, 0.29) is 11.6 Å². The minimum atomic E-state index is -0.347. The normalized spacial score (nSPS) is 11.6. The molecule has 0 unspecified atom stereocenters. The molecule has 0 spiro atoms. The van der Waals surface area contributed by atoms with Crippen LogP contribution >= 0.6 is 0 Å². The third-order valence-electron chi connectivity index (χ3n) is 2.76. The number of rotatable bonds is 10. The summed E-state index contributed by atoms with van der Waals surface area (Å²) >= 11 is 0. The zero-order chi connectivity index (χ0) is 13.9. The van der Waals surface area contributed by atoms with Crippen LogP contribution in [0.4, 0.5) is 0 Å². The molecular weight excluding hydrogens is 226 g/mol. The van der Waals surface area contributed by atoms with E-state index >= 15 is 0 Å². The van der Waals surface area contributed by atoms with Crippen LogP contribution in [0.1, 0.15) is 78.6 Å². The first-order valence-corrected chi connectivity index (χ1v) is 7.37. The third-order valence-corrected chi connectivity index (χ3v) is 2.76. The Morgan fingerprint density at radius 2 is 1.33 bits per heavy atom. The molecule has 0 aliphatic heterocycles. The van der Waals surface area contributed by atoms with Gasteiger partial charge in [-0.25, -0.2) is 0 Å². The molecule has 0 rings (SSSR count). The van der Waals surface area contributed by atoms with Crippen molar-refractivity contribution >= 4 is 5.97 Å². The Morgan fingerprint density at radius 3 is 1.78 bits per heavy atom. The molecule has 0 radical (unpaired) electrons. The lowest BCUT2D eigenvalue weighted by Crippen LogP contribution is -2.23. The van der Waals surface area contributed by atoms with Crippen molar-refractivity contribution < 1.29 is 9.53 Å². The second-order valence-electron chi connectivity index (χ2n) is 5.95. The lowest BCUT2D eigenvalue weighted by atomic mass is 10.1. The van der Waals surface area contributed by atoms with Crippen LogP contribution in [-0.4, -0.2) is 18.1 Å². The van der Waals surface area contributed by atoms with Crippen molar-refractivity contribution in [2.75, 3.05) is 6.54 Å². The van der Waals surface area contributed by atoms with Crippen molar-refractivity contribution in [1.82, 2.24) is 0 Å². The predicted octanol–water partition coefficient (Wildman–Crippen LogP) is 3.80. The topological polar surface area (TPSA) is 52.3 Å². The predicted molar refractivity (Wildman–Crippen MR) is 76.5 cm³/mol. The number of ether oxygens (including phenoxy) is 1. The van der Waals surface area contributed by atoms with Gasteiger partial charge in [0.15, 0.2) is 0 Å². The van der Waals surface area contributed by atoms with E-state index in [9.17, 15) is 4.79 Å². The first-order valence-electron chi connectivity index (χ1n) is 7.37. The largest absolute Gasteiger partial charge is 0.460 e. The molecule has 2 N–H and O–H groups in total. The summed E-state index contributed by atoms with van der Waals surface area (Å²) < 4.78 is 5.26. The van der Waals surface area contributed by atoms with E-state index in [1.54, 1.807) is 0 Å². The Labute approximate surface area is 112 Å². The molecule has 0 amide bonds. The van der Waals surface area contributed by atoms with Crippen molar-refractivity contribution in [3.8, 4) is 0 Å². The second-order valence-corrected chi connectivity index (χ2v) is 5.95. The second kappa shape index (κ2) is 10.4. The Hall–Kier alpha value is -0.570. The highest BCUT2D eigenvalue weighted by molar-refractivity contribution is 5.69. The molecule has 0 aromatic rings. The Balaban J connectivity index is 3.23. The number of esters is 1. The van der Waals surface area contributed by atoms with E-state index in [4.69, 9.17) is 10.5 Å². The monoisotopic (exact) mass is 257 g/mol. The number of hydrogen-bond acceptors (Lipinski definition) is 3. The number of carbonyl (C=O) groups excluding carboxylic acids is 1. The van der Waals surface area contributed by atoms with Crippen LogP contribution in [0.5, 0.6) is 0 Å². The molecule has 18 heavy (non-hydrogen) atoms. The van der Waals surface area contributed by atoms with Crippen LogP contribution in [0.25, 0.3) is 0 Å². The lowest BCUT2D eigenvalue weighted by Gasteiger charge is -2.19. The van der Waals surface area contributed by atoms with Gasteiger partial charge in [0.25, 0.3) is 0 Å². The van der Waals surface area contributed by atoms with Gasteiger partial charge in [-0.2, -0.15) is 0 Å². The van der Waals surface area contributed by atoms with Crippen molar-refractivity contribution in [2.45, 2.75) is 84.2 Å². The molecular formula is C15H31NO2. The Kier molecular flexibility index (Phi) is 10.0. The first-order chi connectivity index (χ1) is 8.45. The molecule has 3 nitrogen and oxygen atoms in total. The van der Waals surface area contributed by atoms with Crippen LogP contribution in [0.3, 0.4) is 0 Å². The summed E-state index contributed by atoms with van der Waals surface area (Å²) in [6, 6.07) is 0. The maximum Gasteiger partial charge on any atom is 0.306 e. The van der Waals surface area contributed by atoms with Crippen molar-refractivity contribution in [1.29, 1.82) is 0 Å². The summed E-state index contributed by atoms with van der Waals surface area (Å²) in [7, 11) is 0. The van der Waals surface area contributed by atoms with E-state index in [1.165, 1.54) is 32.1 Å². The van der Waals surface area contributed by atoms with Crippen molar-refractivity contribution in [2.24, 2.45) is 5.73 Å². The van der Waals surface area contributed by atoms with Gasteiger partial charge in [0.1, 0.15) is 5.60 Å². The number of nitrogens with two attached hydrogens (primary N) is 1. The molecule has 0 aromatic carbocycles. The maximum absolute atomic E-state index is 11.4. The molecule has 0 bridgehead atoms. The van der Waals surface area contributed by atoms with Crippen molar-refractivity contribution in [3.05, 3.63) is 0 Å². The molecule has 0 aromatic heterocycles. The Bertz CT molecular complexity index is 209. The molecule has 0 fully saturated rings. The van der Waals surface area contributed by atoms with Crippen LogP contribution in [0.15, 0.2) is 0 Å². The number of carbonyl (C=O) groups is 1. The first kappa shape index (κ1) is 17.4. The minimum Gasteiger partial charge on any atom is -0.460 e. The molecule has 0 saturated heterocycles. The summed E-state index contributed by atoms with van der Waals surface area (Å²) in [6.45, 7) is 6.54. The number of hydrogen-bond donors (Lipinski definition) is 1. The minimum absolute atomic E-state index is 0.0644. The average Bonchev–Trinajstić information content (AvgIpc) is 2.24. The van der Waals surface area contributed by atoms with Crippen molar-refractivity contribution in [3.63, 3.8) is 0 Å². The van der Waals surface area contributed by atoms with Crippen LogP contribution in [0.2, 0.25) is 0 Å². The highest BCUT2D eigenvalue weighted by atomic mass is 16.6. The zero-order valence-electron chi connectivity index (χ0n) is 12.5. The summed E-state index contributed by atoms with van der Waals surface area (Å²) in [5, 5.41) is 0. The van der Waals surface area contributed by atoms with Crippen LogP contribution in [-0.2, 0) is 9.53 Å². The summed E-state index contributed by atoms with van der Waals surface area (Å²) in [4.78, 5) is 11.4. The quantitative estimate of drug-likeness (QED) is 0.478. The van der Waals surface area contributed by atoms with Gasteiger partial charge in [0.05, 0.1) is 0 Å². The molecule has 0 saturated carbocycles. The van der Waals surface area contributed by atoms with Gasteiger partial charge in [-0.05, 0) is 40.2 Å². The third kappa shape index (κ3) is 13.5. The summed E-state index contributed by atoms with van der Waals surface area (Å²) in [5.41, 5.74) is 5.09. The smallest absolute Gasteiger partial charge is 0.306 e. The van der Waals surface area contributed by atoms with E-state index in [2.05, 4.69) is 0 Å². The van der Waals surface area contributed by atoms with Crippen LogP contribution < -0.4 is 5.73 Å². The SMILES string of the molecule is CC(C)(C)OC(=O)CCCCCCCCCCN. The fourth-order valence-corrected chi connectivity index (χ4v) is 1.87. The summed E-state index contributed by atoms with van der Waals surface area (Å²) in [5.74, 6) is -0.0644. The van der Waals surface area contributed by atoms with E-state index in [0.717, 1.165) is 25.8 Å². The highest BCUT2D eigenvalue weighted by Crippen LogP contribution is 2.12. The molecule has 0 heterocycles.